The van der Waals surface area contributed by atoms with E-state index in [9.17, 15) is 0 Å². The highest BCUT2D eigenvalue weighted by Crippen LogP contribution is 2.44. The maximum Gasteiger partial charge on any atom is 0.0912 e. The molecule has 1 aliphatic rings. The van der Waals surface area contributed by atoms with E-state index in [-0.39, 0.29) is 0 Å². The van der Waals surface area contributed by atoms with Crippen LogP contribution in [0.1, 0.15) is 18.4 Å². The second-order valence-electron chi connectivity index (χ2n) is 3.99. The zero-order valence-electron chi connectivity index (χ0n) is 7.97. The minimum Gasteiger partial charge on any atom is -0.376 e. The predicted octanol–water partition coefficient (Wildman–Crippen LogP) is 2.21. The van der Waals surface area contributed by atoms with E-state index < -0.39 is 0 Å². The number of anilines is 1. The maximum absolute atomic E-state index is 5.71. The van der Waals surface area contributed by atoms with Gasteiger partial charge in [0, 0.05) is 6.54 Å². The van der Waals surface area contributed by atoms with Gasteiger partial charge in [-0.05, 0) is 48.7 Å². The summed E-state index contributed by atoms with van der Waals surface area (Å²) in [5.74, 6) is 0. The van der Waals surface area contributed by atoms with Gasteiger partial charge in [-0.25, -0.2) is 0 Å². The molecule has 1 fully saturated rings. The van der Waals surface area contributed by atoms with Crippen molar-refractivity contribution in [2.75, 3.05) is 18.4 Å². The lowest BCUT2D eigenvalue weighted by Crippen LogP contribution is -2.24. The van der Waals surface area contributed by atoms with Gasteiger partial charge >= 0.3 is 0 Å². The average Bonchev–Trinajstić information content (AvgIpc) is 2.82. The Morgan fingerprint density at radius 2 is 2.38 bits per heavy atom. The van der Waals surface area contributed by atoms with Crippen molar-refractivity contribution in [3.8, 4) is 0 Å². The highest BCUT2D eigenvalue weighted by Gasteiger charge is 2.40. The van der Waals surface area contributed by atoms with Crippen LogP contribution in [0.15, 0.2) is 11.4 Å². The van der Waals surface area contributed by atoms with E-state index in [4.69, 9.17) is 5.73 Å². The van der Waals surface area contributed by atoms with Crippen LogP contribution in [0, 0.1) is 12.3 Å². The highest BCUT2D eigenvalue weighted by atomic mass is 32.1. The topological polar surface area (TPSA) is 38.0 Å². The Labute approximate surface area is 83.1 Å². The fourth-order valence-corrected chi connectivity index (χ4v) is 2.27. The van der Waals surface area contributed by atoms with Crippen LogP contribution in [0.4, 0.5) is 5.00 Å². The lowest BCUT2D eigenvalue weighted by Gasteiger charge is -2.13. The van der Waals surface area contributed by atoms with Crippen LogP contribution in [0.25, 0.3) is 0 Å². The Morgan fingerprint density at radius 1 is 1.62 bits per heavy atom. The minimum absolute atomic E-state index is 0.427. The Balaban J connectivity index is 1.90. The van der Waals surface area contributed by atoms with Crippen LogP contribution in [0.5, 0.6) is 0 Å². The molecule has 0 aromatic carbocycles. The summed E-state index contributed by atoms with van der Waals surface area (Å²) in [6, 6.07) is 2.15. The van der Waals surface area contributed by atoms with Gasteiger partial charge in [0.1, 0.15) is 0 Å². The quantitative estimate of drug-likeness (QED) is 0.775. The molecule has 0 saturated heterocycles. The summed E-state index contributed by atoms with van der Waals surface area (Å²) < 4.78 is 0. The van der Waals surface area contributed by atoms with E-state index in [2.05, 4.69) is 23.7 Å². The van der Waals surface area contributed by atoms with E-state index in [1.165, 1.54) is 23.4 Å². The Morgan fingerprint density at radius 3 is 2.85 bits per heavy atom. The molecule has 1 heterocycles. The van der Waals surface area contributed by atoms with Crippen LogP contribution in [0.3, 0.4) is 0 Å². The third-order valence-electron chi connectivity index (χ3n) is 2.88. The fourth-order valence-electron chi connectivity index (χ4n) is 1.45. The monoisotopic (exact) mass is 196 g/mol. The Bertz CT molecular complexity index is 289. The first-order valence-corrected chi connectivity index (χ1v) is 5.62. The highest BCUT2D eigenvalue weighted by molar-refractivity contribution is 7.14. The van der Waals surface area contributed by atoms with Crippen molar-refractivity contribution in [2.45, 2.75) is 19.8 Å². The largest absolute Gasteiger partial charge is 0.376 e. The zero-order valence-corrected chi connectivity index (χ0v) is 8.79. The predicted molar refractivity (Wildman–Crippen MR) is 58.3 cm³/mol. The third-order valence-corrected chi connectivity index (χ3v) is 3.85. The van der Waals surface area contributed by atoms with E-state index in [0.717, 1.165) is 13.1 Å². The molecule has 0 unspecified atom stereocenters. The molecule has 3 N–H and O–H groups in total. The summed E-state index contributed by atoms with van der Waals surface area (Å²) in [5.41, 5.74) is 7.48. The first-order valence-electron chi connectivity index (χ1n) is 4.74. The van der Waals surface area contributed by atoms with E-state index >= 15 is 0 Å². The number of rotatable bonds is 4. The van der Waals surface area contributed by atoms with E-state index in [1.807, 2.05) is 0 Å². The van der Waals surface area contributed by atoms with Crippen LogP contribution >= 0.6 is 11.3 Å². The summed E-state index contributed by atoms with van der Waals surface area (Å²) in [5, 5.41) is 6.92. The molecule has 0 bridgehead atoms. The molecule has 2 nitrogen and oxygen atoms in total. The van der Waals surface area contributed by atoms with Crippen molar-refractivity contribution in [1.29, 1.82) is 0 Å². The number of thiophene rings is 1. The second kappa shape index (κ2) is 3.31. The minimum atomic E-state index is 0.427. The number of hydrogen-bond donors (Lipinski definition) is 2. The first kappa shape index (κ1) is 9.03. The van der Waals surface area contributed by atoms with Crippen molar-refractivity contribution in [2.24, 2.45) is 11.1 Å². The van der Waals surface area contributed by atoms with Gasteiger partial charge in [-0.15, -0.1) is 11.3 Å². The SMILES string of the molecule is Cc1ccsc1NCC1(CN)CC1. The lowest BCUT2D eigenvalue weighted by atomic mass is 10.1. The van der Waals surface area contributed by atoms with Gasteiger partial charge in [0.05, 0.1) is 5.00 Å². The Kier molecular flexibility index (Phi) is 2.30. The molecule has 3 heteroatoms. The lowest BCUT2D eigenvalue weighted by molar-refractivity contribution is 0.556. The van der Waals surface area contributed by atoms with Crippen LogP contribution in [-0.2, 0) is 0 Å². The van der Waals surface area contributed by atoms with Crippen LogP contribution < -0.4 is 11.1 Å². The normalized spacial score (nSPS) is 18.6. The van der Waals surface area contributed by atoms with Crippen molar-refractivity contribution in [1.82, 2.24) is 0 Å². The standard InChI is InChI=1S/C10H16N2S/c1-8-2-5-13-9(8)12-7-10(6-11)3-4-10/h2,5,12H,3-4,6-7,11H2,1H3. The van der Waals surface area contributed by atoms with Gasteiger partial charge in [-0.3, -0.25) is 0 Å². The van der Waals surface area contributed by atoms with Gasteiger partial charge in [-0.2, -0.15) is 0 Å². The smallest absolute Gasteiger partial charge is 0.0912 e. The molecule has 1 aromatic rings. The molecular weight excluding hydrogens is 180 g/mol. The molecule has 1 aromatic heterocycles. The molecule has 0 radical (unpaired) electrons. The van der Waals surface area contributed by atoms with Crippen molar-refractivity contribution >= 4 is 16.3 Å². The van der Waals surface area contributed by atoms with E-state index in [0.29, 0.717) is 5.41 Å². The molecule has 1 saturated carbocycles. The number of hydrogen-bond acceptors (Lipinski definition) is 3. The second-order valence-corrected chi connectivity index (χ2v) is 4.91. The summed E-state index contributed by atoms with van der Waals surface area (Å²) in [6.07, 6.45) is 2.59. The molecule has 72 valence electrons. The summed E-state index contributed by atoms with van der Waals surface area (Å²) >= 11 is 1.78. The summed E-state index contributed by atoms with van der Waals surface area (Å²) in [7, 11) is 0. The molecule has 0 amide bonds. The van der Waals surface area contributed by atoms with Gasteiger partial charge < -0.3 is 11.1 Å². The molecule has 13 heavy (non-hydrogen) atoms. The number of aryl methyl sites for hydroxylation is 1. The van der Waals surface area contributed by atoms with Gasteiger partial charge in [0.15, 0.2) is 0 Å². The number of nitrogens with two attached hydrogens (primary N) is 1. The van der Waals surface area contributed by atoms with Crippen molar-refractivity contribution < 1.29 is 0 Å². The molecular formula is C10H16N2S. The molecule has 0 aliphatic heterocycles. The van der Waals surface area contributed by atoms with Crippen LogP contribution in [-0.4, -0.2) is 13.1 Å². The summed E-state index contributed by atoms with van der Waals surface area (Å²) in [4.78, 5) is 0. The zero-order chi connectivity index (χ0) is 9.31. The first-order chi connectivity index (χ1) is 6.26. The molecule has 2 rings (SSSR count). The molecule has 0 atom stereocenters. The van der Waals surface area contributed by atoms with Gasteiger partial charge in [0.2, 0.25) is 0 Å². The fraction of sp³-hybridized carbons (Fsp3) is 0.600. The van der Waals surface area contributed by atoms with Crippen LogP contribution in [0.2, 0.25) is 0 Å². The van der Waals surface area contributed by atoms with E-state index in [1.54, 1.807) is 11.3 Å². The van der Waals surface area contributed by atoms with Gasteiger partial charge in [-0.1, -0.05) is 0 Å². The third kappa shape index (κ3) is 1.86. The van der Waals surface area contributed by atoms with Crippen molar-refractivity contribution in [3.05, 3.63) is 17.0 Å². The summed E-state index contributed by atoms with van der Waals surface area (Å²) in [6.45, 7) is 4.01. The van der Waals surface area contributed by atoms with Gasteiger partial charge in [0.25, 0.3) is 0 Å². The van der Waals surface area contributed by atoms with Crippen molar-refractivity contribution in [3.63, 3.8) is 0 Å². The molecule has 1 aliphatic carbocycles. The maximum atomic E-state index is 5.71. The Hall–Kier alpha value is -0.540. The number of nitrogens with one attached hydrogen (secondary N) is 1. The average molecular weight is 196 g/mol. The molecule has 0 spiro atoms.